The van der Waals surface area contributed by atoms with Gasteiger partial charge in [-0.2, -0.15) is 5.10 Å². The molecular formula is C13H13Br2N3. The molecule has 0 bridgehead atoms. The number of rotatable bonds is 1. The first-order chi connectivity index (χ1) is 8.58. The van der Waals surface area contributed by atoms with E-state index in [1.807, 2.05) is 4.68 Å². The molecule has 0 atom stereocenters. The number of aryl methyl sites for hydroxylation is 1. The van der Waals surface area contributed by atoms with Gasteiger partial charge in [0, 0.05) is 20.2 Å². The van der Waals surface area contributed by atoms with Crippen LogP contribution in [0, 0.1) is 6.92 Å². The second kappa shape index (κ2) is 4.38. The Morgan fingerprint density at radius 2 is 1.89 bits per heavy atom. The number of benzene rings is 1. The molecule has 2 aromatic rings. The van der Waals surface area contributed by atoms with Gasteiger partial charge in [0.05, 0.1) is 5.69 Å². The Bertz CT molecular complexity index is 608. The summed E-state index contributed by atoms with van der Waals surface area (Å²) in [6.45, 7) is 2.07. The first-order valence-corrected chi connectivity index (χ1v) is 7.49. The molecule has 1 aliphatic carbocycles. The highest BCUT2D eigenvalue weighted by atomic mass is 79.9. The first kappa shape index (κ1) is 12.2. The molecule has 0 radical (unpaired) electrons. The van der Waals surface area contributed by atoms with Crippen LogP contribution in [-0.2, 0) is 12.8 Å². The Hall–Kier alpha value is -0.810. The second-order valence-electron chi connectivity index (χ2n) is 4.65. The number of anilines is 1. The molecule has 5 heteroatoms. The Kier molecular flexibility index (Phi) is 2.98. The van der Waals surface area contributed by atoms with Crippen molar-refractivity contribution < 1.29 is 0 Å². The summed E-state index contributed by atoms with van der Waals surface area (Å²) in [4.78, 5) is 0. The van der Waals surface area contributed by atoms with Gasteiger partial charge in [0.15, 0.2) is 0 Å². The summed E-state index contributed by atoms with van der Waals surface area (Å²) in [5.41, 5.74) is 10.7. The number of hydrogen-bond acceptors (Lipinski definition) is 2. The predicted octanol–water partition coefficient (Wildman–Crippen LogP) is 3.78. The van der Waals surface area contributed by atoms with Gasteiger partial charge in [-0.1, -0.05) is 0 Å². The zero-order chi connectivity index (χ0) is 12.9. The summed E-state index contributed by atoms with van der Waals surface area (Å²) in [7, 11) is 0. The van der Waals surface area contributed by atoms with Gasteiger partial charge < -0.3 is 5.73 Å². The maximum atomic E-state index is 6.00. The van der Waals surface area contributed by atoms with Crippen molar-refractivity contribution in [1.29, 1.82) is 0 Å². The molecule has 94 valence electrons. The molecule has 1 heterocycles. The zero-order valence-electron chi connectivity index (χ0n) is 10.0. The molecule has 0 aliphatic heterocycles. The third-order valence-corrected chi connectivity index (χ3v) is 4.54. The van der Waals surface area contributed by atoms with Gasteiger partial charge in [0.2, 0.25) is 0 Å². The fourth-order valence-electron chi connectivity index (χ4n) is 2.55. The number of hydrogen-bond donors (Lipinski definition) is 1. The van der Waals surface area contributed by atoms with Crippen molar-refractivity contribution in [3.8, 4) is 5.69 Å². The van der Waals surface area contributed by atoms with Crippen molar-refractivity contribution in [3.63, 3.8) is 0 Å². The van der Waals surface area contributed by atoms with E-state index in [4.69, 9.17) is 5.73 Å². The Morgan fingerprint density at radius 1 is 1.22 bits per heavy atom. The van der Waals surface area contributed by atoms with Gasteiger partial charge in [0.25, 0.3) is 0 Å². The van der Waals surface area contributed by atoms with Gasteiger partial charge in [-0.25, -0.2) is 4.68 Å². The van der Waals surface area contributed by atoms with Crippen LogP contribution in [-0.4, -0.2) is 9.78 Å². The fourth-order valence-corrected chi connectivity index (χ4v) is 4.30. The maximum Gasteiger partial charge on any atom is 0.149 e. The minimum atomic E-state index is 0.668. The largest absolute Gasteiger partial charge is 0.382 e. The van der Waals surface area contributed by atoms with Crippen LogP contribution in [0.1, 0.15) is 23.2 Å². The lowest BCUT2D eigenvalue weighted by molar-refractivity contribution is 0.783. The third kappa shape index (κ3) is 1.80. The van der Waals surface area contributed by atoms with Gasteiger partial charge in [-0.3, -0.25) is 0 Å². The Labute approximate surface area is 123 Å². The van der Waals surface area contributed by atoms with E-state index >= 15 is 0 Å². The highest BCUT2D eigenvalue weighted by Gasteiger charge is 2.23. The van der Waals surface area contributed by atoms with Crippen molar-refractivity contribution in [1.82, 2.24) is 9.78 Å². The number of nitrogens with two attached hydrogens (primary N) is 1. The van der Waals surface area contributed by atoms with Crippen molar-refractivity contribution in [2.75, 3.05) is 5.73 Å². The minimum absolute atomic E-state index is 0.668. The van der Waals surface area contributed by atoms with Crippen molar-refractivity contribution in [3.05, 3.63) is 37.9 Å². The summed E-state index contributed by atoms with van der Waals surface area (Å²) in [6, 6.07) is 4.19. The second-order valence-corrected chi connectivity index (χ2v) is 6.36. The molecule has 0 unspecified atom stereocenters. The smallest absolute Gasteiger partial charge is 0.149 e. The average molecular weight is 371 g/mol. The summed E-state index contributed by atoms with van der Waals surface area (Å²) >= 11 is 7.24. The van der Waals surface area contributed by atoms with Crippen molar-refractivity contribution in [2.24, 2.45) is 0 Å². The van der Waals surface area contributed by atoms with Gasteiger partial charge >= 0.3 is 0 Å². The van der Waals surface area contributed by atoms with Crippen LogP contribution >= 0.6 is 31.9 Å². The zero-order valence-corrected chi connectivity index (χ0v) is 13.2. The van der Waals surface area contributed by atoms with Crippen LogP contribution in [0.2, 0.25) is 0 Å². The van der Waals surface area contributed by atoms with E-state index in [-0.39, 0.29) is 0 Å². The van der Waals surface area contributed by atoms with Crippen molar-refractivity contribution in [2.45, 2.75) is 26.2 Å². The molecule has 1 aromatic heterocycles. The highest BCUT2D eigenvalue weighted by molar-refractivity contribution is 9.11. The molecular weight excluding hydrogens is 358 g/mol. The predicted molar refractivity (Wildman–Crippen MR) is 80.1 cm³/mol. The van der Waals surface area contributed by atoms with Crippen LogP contribution < -0.4 is 5.73 Å². The van der Waals surface area contributed by atoms with Crippen molar-refractivity contribution >= 4 is 37.7 Å². The van der Waals surface area contributed by atoms with E-state index in [9.17, 15) is 0 Å². The molecule has 3 rings (SSSR count). The molecule has 18 heavy (non-hydrogen) atoms. The highest BCUT2D eigenvalue weighted by Crippen LogP contribution is 2.35. The monoisotopic (exact) mass is 369 g/mol. The number of nitrogen functional groups attached to an aromatic ring is 1. The maximum absolute atomic E-state index is 6.00. The molecule has 2 N–H and O–H groups in total. The van der Waals surface area contributed by atoms with E-state index in [0.29, 0.717) is 5.82 Å². The molecule has 3 nitrogen and oxygen atoms in total. The van der Waals surface area contributed by atoms with Crippen LogP contribution in [0.3, 0.4) is 0 Å². The molecule has 0 amide bonds. The number of aromatic nitrogens is 2. The van der Waals surface area contributed by atoms with E-state index < -0.39 is 0 Å². The van der Waals surface area contributed by atoms with Gasteiger partial charge in [-0.15, -0.1) is 0 Å². The Balaban J connectivity index is 2.25. The Morgan fingerprint density at radius 3 is 2.56 bits per heavy atom. The quantitative estimate of drug-likeness (QED) is 0.830. The molecule has 0 saturated carbocycles. The van der Waals surface area contributed by atoms with Crippen LogP contribution in [0.4, 0.5) is 5.82 Å². The van der Waals surface area contributed by atoms with Crippen LogP contribution in [0.5, 0.6) is 0 Å². The molecule has 0 saturated heterocycles. The average Bonchev–Trinajstić information content (AvgIpc) is 2.83. The lowest BCUT2D eigenvalue weighted by atomic mass is 10.2. The lowest BCUT2D eigenvalue weighted by Gasteiger charge is -2.11. The summed E-state index contributed by atoms with van der Waals surface area (Å²) < 4.78 is 4.05. The summed E-state index contributed by atoms with van der Waals surface area (Å²) in [6.07, 6.45) is 3.26. The van der Waals surface area contributed by atoms with E-state index in [1.165, 1.54) is 23.2 Å². The van der Waals surface area contributed by atoms with E-state index in [0.717, 1.165) is 27.5 Å². The number of halogens is 2. The van der Waals surface area contributed by atoms with Crippen LogP contribution in [0.25, 0.3) is 5.69 Å². The third-order valence-electron chi connectivity index (χ3n) is 3.33. The van der Waals surface area contributed by atoms with Crippen LogP contribution in [0.15, 0.2) is 21.1 Å². The molecule has 0 fully saturated rings. The first-order valence-electron chi connectivity index (χ1n) is 5.90. The van der Waals surface area contributed by atoms with Gasteiger partial charge in [0.1, 0.15) is 5.82 Å². The standard InChI is InChI=1S/C13H13Br2N3/c1-7-5-9(14)12(10(15)6-7)18-11-4-2-3-8(11)13(16)17-18/h5-6H,2-4H2,1H3,(H2,16,17). The summed E-state index contributed by atoms with van der Waals surface area (Å²) in [5, 5.41) is 4.49. The topological polar surface area (TPSA) is 43.8 Å². The molecule has 1 aromatic carbocycles. The minimum Gasteiger partial charge on any atom is -0.382 e. The normalized spacial score (nSPS) is 13.9. The number of fused-ring (bicyclic) bond motifs is 1. The molecule has 0 spiro atoms. The van der Waals surface area contributed by atoms with E-state index in [2.05, 4.69) is 56.0 Å². The van der Waals surface area contributed by atoms with E-state index in [1.54, 1.807) is 0 Å². The summed E-state index contributed by atoms with van der Waals surface area (Å²) in [5.74, 6) is 0.668. The lowest BCUT2D eigenvalue weighted by Crippen LogP contribution is -2.04. The number of nitrogens with zero attached hydrogens (tertiary/aromatic N) is 2. The SMILES string of the molecule is Cc1cc(Br)c(-n2nc(N)c3c2CCC3)c(Br)c1. The molecule has 1 aliphatic rings. The van der Waals surface area contributed by atoms with Gasteiger partial charge in [-0.05, 0) is 75.7 Å². The fraction of sp³-hybridized carbons (Fsp3) is 0.308.